The van der Waals surface area contributed by atoms with Crippen molar-refractivity contribution in [3.05, 3.63) is 23.5 Å². The summed E-state index contributed by atoms with van der Waals surface area (Å²) in [6.45, 7) is 5.27. The molecule has 0 radical (unpaired) electrons. The fraction of sp³-hybridized carbons (Fsp3) is 0.571. The summed E-state index contributed by atoms with van der Waals surface area (Å²) in [7, 11) is -3.79. The highest BCUT2D eigenvalue weighted by atomic mass is 32.2. The molecule has 1 rings (SSSR count). The molecule has 0 aliphatic rings. The van der Waals surface area contributed by atoms with E-state index in [1.54, 1.807) is 0 Å². The maximum Gasteiger partial charge on any atom is 0.240 e. The quantitative estimate of drug-likeness (QED) is 0.668. The monoisotopic (exact) mass is 318 g/mol. The molecular formula is C14H23FN2O3S. The Bertz CT molecular complexity index is 567. The lowest BCUT2D eigenvalue weighted by Crippen LogP contribution is -2.39. The van der Waals surface area contributed by atoms with Crippen LogP contribution < -0.4 is 10.5 Å². The van der Waals surface area contributed by atoms with Gasteiger partial charge in [-0.15, -0.1) is 0 Å². The van der Waals surface area contributed by atoms with E-state index in [-0.39, 0.29) is 29.3 Å². The average Bonchev–Trinajstić information content (AvgIpc) is 2.46. The van der Waals surface area contributed by atoms with Gasteiger partial charge in [0.2, 0.25) is 10.0 Å². The van der Waals surface area contributed by atoms with Gasteiger partial charge in [-0.25, -0.2) is 17.5 Å². The Morgan fingerprint density at radius 1 is 1.33 bits per heavy atom. The predicted molar refractivity (Wildman–Crippen MR) is 80.8 cm³/mol. The molecule has 0 amide bonds. The van der Waals surface area contributed by atoms with E-state index < -0.39 is 21.3 Å². The van der Waals surface area contributed by atoms with Crippen LogP contribution in [0.3, 0.4) is 0 Å². The Balaban J connectivity index is 3.03. The van der Waals surface area contributed by atoms with Gasteiger partial charge in [-0.3, -0.25) is 0 Å². The van der Waals surface area contributed by atoms with Gasteiger partial charge < -0.3 is 10.8 Å². The summed E-state index contributed by atoms with van der Waals surface area (Å²) in [6.07, 6.45) is 1.29. The van der Waals surface area contributed by atoms with Crippen LogP contribution >= 0.6 is 0 Å². The van der Waals surface area contributed by atoms with Gasteiger partial charge in [-0.05, 0) is 37.5 Å². The second-order valence-corrected chi connectivity index (χ2v) is 7.10. The Morgan fingerprint density at radius 2 is 1.90 bits per heavy atom. The molecule has 0 fully saturated rings. The highest BCUT2D eigenvalue weighted by Gasteiger charge is 2.28. The van der Waals surface area contributed by atoms with Crippen molar-refractivity contribution in [2.24, 2.45) is 5.41 Å². The number of aryl methyl sites for hydroxylation is 1. The van der Waals surface area contributed by atoms with Crippen LogP contribution in [-0.4, -0.2) is 26.7 Å². The van der Waals surface area contributed by atoms with E-state index in [2.05, 4.69) is 4.72 Å². The van der Waals surface area contributed by atoms with Crippen LogP contribution in [0.2, 0.25) is 0 Å². The standard InChI is InChI=1S/C14H23FN2O3S/c1-4-14(5-2,9-18)8-17-21(19,20)11-6-10(3)13(15)12(16)7-11/h6-7,17-18H,4-5,8-9,16H2,1-3H3. The van der Waals surface area contributed by atoms with Crippen LogP contribution in [0.4, 0.5) is 10.1 Å². The number of sulfonamides is 1. The number of nitrogens with one attached hydrogen (secondary N) is 1. The molecule has 0 aromatic heterocycles. The first-order valence-electron chi connectivity index (χ1n) is 6.87. The van der Waals surface area contributed by atoms with Gasteiger partial charge in [-0.2, -0.15) is 0 Å². The maximum absolute atomic E-state index is 13.5. The van der Waals surface area contributed by atoms with Gasteiger partial charge in [0, 0.05) is 18.6 Å². The topological polar surface area (TPSA) is 92.4 Å². The molecule has 5 nitrogen and oxygen atoms in total. The predicted octanol–water partition coefficient (Wildman–Crippen LogP) is 1.79. The summed E-state index contributed by atoms with van der Waals surface area (Å²) in [5, 5.41) is 9.46. The summed E-state index contributed by atoms with van der Waals surface area (Å²) < 4.78 is 40.5. The third-order valence-corrected chi connectivity index (χ3v) is 5.42. The molecule has 1 aromatic rings. The van der Waals surface area contributed by atoms with E-state index in [0.717, 1.165) is 6.07 Å². The molecule has 1 aromatic carbocycles. The Labute approximate surface area is 125 Å². The zero-order valence-corrected chi connectivity index (χ0v) is 13.4. The van der Waals surface area contributed by atoms with Crippen molar-refractivity contribution in [1.29, 1.82) is 0 Å². The van der Waals surface area contributed by atoms with Crippen molar-refractivity contribution in [3.8, 4) is 0 Å². The first kappa shape index (κ1) is 17.9. The van der Waals surface area contributed by atoms with Gasteiger partial charge in [0.25, 0.3) is 0 Å². The molecule has 4 N–H and O–H groups in total. The van der Waals surface area contributed by atoms with Crippen LogP contribution in [-0.2, 0) is 10.0 Å². The van der Waals surface area contributed by atoms with E-state index in [1.807, 2.05) is 13.8 Å². The van der Waals surface area contributed by atoms with Crippen LogP contribution in [0.25, 0.3) is 0 Å². The number of aliphatic hydroxyl groups excluding tert-OH is 1. The number of rotatable bonds is 7. The highest BCUT2D eigenvalue weighted by molar-refractivity contribution is 7.89. The first-order chi connectivity index (χ1) is 9.71. The van der Waals surface area contributed by atoms with Crippen LogP contribution in [0.5, 0.6) is 0 Å². The molecule has 0 unspecified atom stereocenters. The van der Waals surface area contributed by atoms with Crippen LogP contribution in [0.1, 0.15) is 32.3 Å². The lowest BCUT2D eigenvalue weighted by molar-refractivity contribution is 0.119. The number of anilines is 1. The van der Waals surface area contributed by atoms with Crippen molar-refractivity contribution < 1.29 is 17.9 Å². The van der Waals surface area contributed by atoms with Gasteiger partial charge in [0.05, 0.1) is 10.6 Å². The molecule has 7 heteroatoms. The molecule has 0 bridgehead atoms. The van der Waals surface area contributed by atoms with Crippen molar-refractivity contribution in [3.63, 3.8) is 0 Å². The summed E-state index contributed by atoms with van der Waals surface area (Å²) in [5.41, 5.74) is 4.96. The summed E-state index contributed by atoms with van der Waals surface area (Å²) >= 11 is 0. The van der Waals surface area contributed by atoms with Crippen molar-refractivity contribution in [1.82, 2.24) is 4.72 Å². The molecule has 0 saturated carbocycles. The largest absolute Gasteiger partial charge is 0.396 e. The minimum Gasteiger partial charge on any atom is -0.396 e. The number of hydrogen-bond donors (Lipinski definition) is 3. The first-order valence-corrected chi connectivity index (χ1v) is 8.36. The van der Waals surface area contributed by atoms with Gasteiger partial charge in [-0.1, -0.05) is 13.8 Å². The lowest BCUT2D eigenvalue weighted by atomic mass is 9.84. The Morgan fingerprint density at radius 3 is 2.33 bits per heavy atom. The maximum atomic E-state index is 13.5. The molecule has 0 saturated heterocycles. The fourth-order valence-corrected chi connectivity index (χ4v) is 3.31. The smallest absolute Gasteiger partial charge is 0.240 e. The number of nitrogen functional groups attached to an aromatic ring is 1. The second-order valence-electron chi connectivity index (χ2n) is 5.33. The number of benzene rings is 1. The van der Waals surface area contributed by atoms with E-state index in [4.69, 9.17) is 5.73 Å². The normalized spacial score (nSPS) is 12.6. The van der Waals surface area contributed by atoms with Crippen molar-refractivity contribution >= 4 is 15.7 Å². The van der Waals surface area contributed by atoms with Gasteiger partial charge in [0.15, 0.2) is 0 Å². The summed E-state index contributed by atoms with van der Waals surface area (Å²) in [5.74, 6) is -0.610. The summed E-state index contributed by atoms with van der Waals surface area (Å²) in [4.78, 5) is -0.0713. The van der Waals surface area contributed by atoms with Crippen molar-refractivity contribution in [2.75, 3.05) is 18.9 Å². The van der Waals surface area contributed by atoms with E-state index in [1.165, 1.54) is 13.0 Å². The number of aliphatic hydroxyl groups is 1. The number of nitrogens with two attached hydrogens (primary N) is 1. The molecule has 0 aliphatic heterocycles. The SMILES string of the molecule is CCC(CC)(CO)CNS(=O)(=O)c1cc(C)c(F)c(N)c1. The molecule has 0 aliphatic carbocycles. The Hall–Kier alpha value is -1.18. The second kappa shape index (κ2) is 6.72. The van der Waals surface area contributed by atoms with Gasteiger partial charge in [0.1, 0.15) is 5.82 Å². The molecule has 0 atom stereocenters. The minimum absolute atomic E-state index is 0.0713. The summed E-state index contributed by atoms with van der Waals surface area (Å²) in [6, 6.07) is 2.34. The molecule has 0 heterocycles. The Kier molecular flexibility index (Phi) is 5.72. The molecule has 0 spiro atoms. The molecule has 21 heavy (non-hydrogen) atoms. The zero-order chi connectivity index (χ0) is 16.3. The van der Waals surface area contributed by atoms with Crippen molar-refractivity contribution in [2.45, 2.75) is 38.5 Å². The lowest BCUT2D eigenvalue weighted by Gasteiger charge is -2.29. The van der Waals surface area contributed by atoms with Gasteiger partial charge >= 0.3 is 0 Å². The minimum atomic E-state index is -3.79. The zero-order valence-electron chi connectivity index (χ0n) is 12.6. The number of halogens is 1. The van der Waals surface area contributed by atoms with E-state index in [0.29, 0.717) is 12.8 Å². The molecule has 120 valence electrons. The third kappa shape index (κ3) is 3.93. The molecular weight excluding hydrogens is 295 g/mol. The fourth-order valence-electron chi connectivity index (χ4n) is 2.03. The van der Waals surface area contributed by atoms with E-state index in [9.17, 15) is 17.9 Å². The van der Waals surface area contributed by atoms with Crippen LogP contribution in [0, 0.1) is 18.2 Å². The average molecular weight is 318 g/mol. The van der Waals surface area contributed by atoms with Crippen LogP contribution in [0.15, 0.2) is 17.0 Å². The number of hydrogen-bond acceptors (Lipinski definition) is 4. The van der Waals surface area contributed by atoms with E-state index >= 15 is 0 Å². The third-order valence-electron chi connectivity index (χ3n) is 4.04. The highest BCUT2D eigenvalue weighted by Crippen LogP contribution is 2.26.